The molecule has 0 bridgehead atoms. The molecule has 0 aromatic heterocycles. The van der Waals surface area contributed by atoms with E-state index in [-0.39, 0.29) is 6.03 Å². The Morgan fingerprint density at radius 1 is 1.15 bits per heavy atom. The first-order valence-corrected chi connectivity index (χ1v) is 6.79. The maximum atomic E-state index is 11.9. The van der Waals surface area contributed by atoms with Crippen molar-refractivity contribution < 1.29 is 4.79 Å². The minimum Gasteiger partial charge on any atom is -0.334 e. The van der Waals surface area contributed by atoms with Crippen molar-refractivity contribution >= 4 is 23.3 Å². The van der Waals surface area contributed by atoms with E-state index in [1.807, 2.05) is 50.2 Å². The van der Waals surface area contributed by atoms with Crippen molar-refractivity contribution in [2.45, 2.75) is 20.4 Å². The van der Waals surface area contributed by atoms with Crippen LogP contribution >= 0.6 is 11.6 Å². The van der Waals surface area contributed by atoms with Gasteiger partial charge in [-0.05, 0) is 37.1 Å². The number of halogens is 1. The number of benzene rings is 2. The van der Waals surface area contributed by atoms with Gasteiger partial charge in [-0.25, -0.2) is 4.79 Å². The number of rotatable bonds is 3. The molecule has 2 rings (SSSR count). The van der Waals surface area contributed by atoms with Crippen LogP contribution in [0.1, 0.15) is 16.7 Å². The molecule has 20 heavy (non-hydrogen) atoms. The molecule has 0 atom stereocenters. The second-order valence-corrected chi connectivity index (χ2v) is 5.12. The van der Waals surface area contributed by atoms with E-state index < -0.39 is 0 Å². The lowest BCUT2D eigenvalue weighted by Crippen LogP contribution is -2.28. The average molecular weight is 289 g/mol. The fraction of sp³-hybridized carbons (Fsp3) is 0.188. The van der Waals surface area contributed by atoms with E-state index >= 15 is 0 Å². The SMILES string of the molecule is Cc1ccc(NC(=O)NCc2ccccc2Cl)c(C)c1. The third kappa shape index (κ3) is 3.75. The summed E-state index contributed by atoms with van der Waals surface area (Å²) in [5, 5.41) is 6.28. The number of urea groups is 1. The van der Waals surface area contributed by atoms with Crippen molar-refractivity contribution in [3.05, 3.63) is 64.2 Å². The van der Waals surface area contributed by atoms with Gasteiger partial charge in [0.15, 0.2) is 0 Å². The van der Waals surface area contributed by atoms with Gasteiger partial charge in [0.1, 0.15) is 0 Å². The number of hydrogen-bond donors (Lipinski definition) is 2. The summed E-state index contributed by atoms with van der Waals surface area (Å²) in [6, 6.07) is 13.1. The van der Waals surface area contributed by atoms with Crippen molar-refractivity contribution in [2.24, 2.45) is 0 Å². The average Bonchev–Trinajstić information content (AvgIpc) is 2.41. The standard InChI is InChI=1S/C16H17ClN2O/c1-11-7-8-15(12(2)9-11)19-16(20)18-10-13-5-3-4-6-14(13)17/h3-9H,10H2,1-2H3,(H2,18,19,20). The third-order valence-corrected chi connectivity index (χ3v) is 3.40. The Hall–Kier alpha value is -2.00. The van der Waals surface area contributed by atoms with Gasteiger partial charge in [0.25, 0.3) is 0 Å². The molecule has 0 saturated carbocycles. The molecule has 0 unspecified atom stereocenters. The van der Waals surface area contributed by atoms with Gasteiger partial charge in [0.05, 0.1) is 0 Å². The van der Waals surface area contributed by atoms with Crippen molar-refractivity contribution in [1.29, 1.82) is 0 Å². The Kier molecular flexibility index (Phi) is 4.64. The zero-order valence-electron chi connectivity index (χ0n) is 11.5. The van der Waals surface area contributed by atoms with E-state index in [9.17, 15) is 4.79 Å². The molecular weight excluding hydrogens is 272 g/mol. The van der Waals surface area contributed by atoms with Crippen molar-refractivity contribution in [3.8, 4) is 0 Å². The zero-order valence-corrected chi connectivity index (χ0v) is 12.3. The lowest BCUT2D eigenvalue weighted by Gasteiger charge is -2.11. The number of anilines is 1. The summed E-state index contributed by atoms with van der Waals surface area (Å²) in [5.41, 5.74) is 3.92. The van der Waals surface area contributed by atoms with Gasteiger partial charge in [-0.2, -0.15) is 0 Å². The Bertz CT molecular complexity index is 626. The minimum absolute atomic E-state index is 0.239. The quantitative estimate of drug-likeness (QED) is 0.869. The van der Waals surface area contributed by atoms with Crippen LogP contribution in [0.4, 0.5) is 10.5 Å². The molecule has 0 saturated heterocycles. The molecule has 0 spiro atoms. The van der Waals surface area contributed by atoms with Crippen molar-refractivity contribution in [3.63, 3.8) is 0 Å². The second kappa shape index (κ2) is 6.44. The van der Waals surface area contributed by atoms with E-state index in [4.69, 9.17) is 11.6 Å². The number of carbonyl (C=O) groups is 1. The van der Waals surface area contributed by atoms with Crippen LogP contribution in [-0.2, 0) is 6.54 Å². The lowest BCUT2D eigenvalue weighted by molar-refractivity contribution is 0.251. The molecule has 0 radical (unpaired) electrons. The smallest absolute Gasteiger partial charge is 0.319 e. The highest BCUT2D eigenvalue weighted by atomic mass is 35.5. The number of aryl methyl sites for hydroxylation is 2. The normalized spacial score (nSPS) is 10.2. The topological polar surface area (TPSA) is 41.1 Å². The maximum Gasteiger partial charge on any atom is 0.319 e. The highest BCUT2D eigenvalue weighted by Crippen LogP contribution is 2.16. The van der Waals surface area contributed by atoms with Gasteiger partial charge in [0.2, 0.25) is 0 Å². The van der Waals surface area contributed by atoms with Gasteiger partial charge < -0.3 is 10.6 Å². The van der Waals surface area contributed by atoms with Gasteiger partial charge in [0, 0.05) is 17.3 Å². The molecule has 0 aliphatic carbocycles. The lowest BCUT2D eigenvalue weighted by atomic mass is 10.1. The van der Waals surface area contributed by atoms with Crippen LogP contribution in [0.2, 0.25) is 5.02 Å². The number of hydrogen-bond acceptors (Lipinski definition) is 1. The molecule has 2 aromatic rings. The molecule has 0 aliphatic heterocycles. The van der Waals surface area contributed by atoms with Crippen LogP contribution in [0.25, 0.3) is 0 Å². The largest absolute Gasteiger partial charge is 0.334 e. The Morgan fingerprint density at radius 3 is 2.60 bits per heavy atom. The van der Waals surface area contributed by atoms with Crippen LogP contribution in [0.5, 0.6) is 0 Å². The summed E-state index contributed by atoms with van der Waals surface area (Å²) in [5.74, 6) is 0. The van der Waals surface area contributed by atoms with Gasteiger partial charge in [-0.1, -0.05) is 47.5 Å². The van der Waals surface area contributed by atoms with Gasteiger partial charge >= 0.3 is 6.03 Å². The monoisotopic (exact) mass is 288 g/mol. The molecule has 0 heterocycles. The number of amides is 2. The summed E-state index contributed by atoms with van der Waals surface area (Å²) >= 11 is 6.04. The van der Waals surface area contributed by atoms with E-state index in [1.165, 1.54) is 5.56 Å². The predicted octanol–water partition coefficient (Wildman–Crippen LogP) is 4.28. The highest BCUT2D eigenvalue weighted by Gasteiger charge is 2.05. The Morgan fingerprint density at radius 2 is 1.90 bits per heavy atom. The van der Waals surface area contributed by atoms with E-state index in [1.54, 1.807) is 6.07 Å². The first kappa shape index (κ1) is 14.4. The molecule has 0 fully saturated rings. The molecule has 104 valence electrons. The van der Waals surface area contributed by atoms with Crippen molar-refractivity contribution in [2.75, 3.05) is 5.32 Å². The summed E-state index contributed by atoms with van der Waals surface area (Å²) < 4.78 is 0. The van der Waals surface area contributed by atoms with Crippen LogP contribution in [0, 0.1) is 13.8 Å². The fourth-order valence-electron chi connectivity index (χ4n) is 1.94. The summed E-state index contributed by atoms with van der Waals surface area (Å²) in [6.45, 7) is 4.39. The fourth-order valence-corrected chi connectivity index (χ4v) is 2.14. The van der Waals surface area contributed by atoms with Gasteiger partial charge in [-0.3, -0.25) is 0 Å². The number of carbonyl (C=O) groups excluding carboxylic acids is 1. The summed E-state index contributed by atoms with van der Waals surface area (Å²) in [7, 11) is 0. The Balaban J connectivity index is 1.94. The molecule has 2 amide bonds. The van der Waals surface area contributed by atoms with E-state index in [2.05, 4.69) is 10.6 Å². The highest BCUT2D eigenvalue weighted by molar-refractivity contribution is 6.31. The zero-order chi connectivity index (χ0) is 14.5. The molecule has 4 heteroatoms. The molecule has 2 N–H and O–H groups in total. The minimum atomic E-state index is -0.239. The Labute approximate surface area is 124 Å². The summed E-state index contributed by atoms with van der Waals surface area (Å²) in [6.07, 6.45) is 0. The van der Waals surface area contributed by atoms with Crippen LogP contribution in [0.15, 0.2) is 42.5 Å². The van der Waals surface area contributed by atoms with Crippen LogP contribution < -0.4 is 10.6 Å². The number of nitrogens with one attached hydrogen (secondary N) is 2. The third-order valence-electron chi connectivity index (χ3n) is 3.03. The van der Waals surface area contributed by atoms with Crippen LogP contribution in [-0.4, -0.2) is 6.03 Å². The van der Waals surface area contributed by atoms with E-state index in [0.717, 1.165) is 16.8 Å². The first-order valence-electron chi connectivity index (χ1n) is 6.42. The molecule has 0 aliphatic rings. The predicted molar refractivity (Wildman–Crippen MR) is 83.2 cm³/mol. The van der Waals surface area contributed by atoms with Crippen molar-refractivity contribution in [1.82, 2.24) is 5.32 Å². The first-order chi connectivity index (χ1) is 9.56. The summed E-state index contributed by atoms with van der Waals surface area (Å²) in [4.78, 5) is 11.9. The molecule has 3 nitrogen and oxygen atoms in total. The van der Waals surface area contributed by atoms with E-state index in [0.29, 0.717) is 11.6 Å². The second-order valence-electron chi connectivity index (χ2n) is 4.72. The molecule has 2 aromatic carbocycles. The van der Waals surface area contributed by atoms with Crippen LogP contribution in [0.3, 0.4) is 0 Å². The van der Waals surface area contributed by atoms with Gasteiger partial charge in [-0.15, -0.1) is 0 Å². The maximum absolute atomic E-state index is 11.9. The molecular formula is C16H17ClN2O.